The fourth-order valence-corrected chi connectivity index (χ4v) is 1.82. The van der Waals surface area contributed by atoms with Crippen molar-refractivity contribution in [2.75, 3.05) is 12.4 Å². The van der Waals surface area contributed by atoms with E-state index >= 15 is 0 Å². The van der Waals surface area contributed by atoms with Gasteiger partial charge >= 0.3 is 0 Å². The molecule has 0 unspecified atom stereocenters. The first-order valence-corrected chi connectivity index (χ1v) is 4.87. The van der Waals surface area contributed by atoms with Gasteiger partial charge in [-0.3, -0.25) is 4.57 Å². The van der Waals surface area contributed by atoms with Gasteiger partial charge in [-0.25, -0.2) is 0 Å². The Kier molecular flexibility index (Phi) is 2.02. The topological polar surface area (TPSA) is 42.7 Å². The van der Waals surface area contributed by atoms with E-state index in [0.717, 1.165) is 17.3 Å². The van der Waals surface area contributed by atoms with Gasteiger partial charge in [0.1, 0.15) is 0 Å². The molecule has 0 fully saturated rings. The summed E-state index contributed by atoms with van der Waals surface area (Å²) in [6.45, 7) is 0. The van der Waals surface area contributed by atoms with Gasteiger partial charge in [-0.05, 0) is 11.4 Å². The number of hydrogen-bond donors (Lipinski definition) is 1. The van der Waals surface area contributed by atoms with Gasteiger partial charge < -0.3 is 5.32 Å². The number of hydrogen-bond acceptors (Lipinski definition) is 4. The lowest BCUT2D eigenvalue weighted by Gasteiger charge is -2.00. The lowest BCUT2D eigenvalue weighted by atomic mass is 10.3. The van der Waals surface area contributed by atoms with Gasteiger partial charge in [0.2, 0.25) is 5.95 Å². The van der Waals surface area contributed by atoms with Gasteiger partial charge in [-0.1, -0.05) is 0 Å². The van der Waals surface area contributed by atoms with E-state index < -0.39 is 0 Å². The number of aromatic nitrogens is 3. The van der Waals surface area contributed by atoms with Crippen LogP contribution in [0.2, 0.25) is 0 Å². The second-order valence-electron chi connectivity index (χ2n) is 2.67. The smallest absolute Gasteiger partial charge is 0.224 e. The maximum absolute atomic E-state index is 4.09. The number of nitrogens with one attached hydrogen (secondary N) is 1. The maximum atomic E-state index is 4.09. The molecule has 0 amide bonds. The molecule has 0 aromatic carbocycles. The lowest BCUT2D eigenvalue weighted by Crippen LogP contribution is -1.99. The summed E-state index contributed by atoms with van der Waals surface area (Å²) in [4.78, 5) is 0. The summed E-state index contributed by atoms with van der Waals surface area (Å²) < 4.78 is 1.93. The van der Waals surface area contributed by atoms with E-state index in [2.05, 4.69) is 20.9 Å². The predicted octanol–water partition coefficient (Wildman–Crippen LogP) is 1.59. The molecule has 4 nitrogen and oxygen atoms in total. The first-order valence-electron chi connectivity index (χ1n) is 3.92. The highest BCUT2D eigenvalue weighted by Crippen LogP contribution is 2.21. The molecule has 0 saturated heterocycles. The SMILES string of the molecule is CNc1nnc(-c2ccsc2)n1C. The molecule has 0 radical (unpaired) electrons. The third kappa shape index (κ3) is 1.31. The van der Waals surface area contributed by atoms with Crippen LogP contribution in [-0.4, -0.2) is 21.8 Å². The molecule has 0 saturated carbocycles. The number of rotatable bonds is 2. The van der Waals surface area contributed by atoms with Crippen molar-refractivity contribution in [1.29, 1.82) is 0 Å². The largest absolute Gasteiger partial charge is 0.357 e. The first-order chi connectivity index (χ1) is 6.33. The van der Waals surface area contributed by atoms with Crippen molar-refractivity contribution in [3.63, 3.8) is 0 Å². The minimum atomic E-state index is 0.779. The first kappa shape index (κ1) is 8.25. The van der Waals surface area contributed by atoms with Crippen molar-refractivity contribution in [2.45, 2.75) is 0 Å². The maximum Gasteiger partial charge on any atom is 0.224 e. The summed E-state index contributed by atoms with van der Waals surface area (Å²) in [6, 6.07) is 2.04. The van der Waals surface area contributed by atoms with Crippen LogP contribution in [0.1, 0.15) is 0 Å². The van der Waals surface area contributed by atoms with Crippen molar-refractivity contribution >= 4 is 17.3 Å². The van der Waals surface area contributed by atoms with Crippen molar-refractivity contribution in [3.8, 4) is 11.4 Å². The van der Waals surface area contributed by atoms with Crippen LogP contribution in [0.4, 0.5) is 5.95 Å². The Morgan fingerprint density at radius 3 is 2.85 bits per heavy atom. The van der Waals surface area contributed by atoms with E-state index in [1.54, 1.807) is 11.3 Å². The minimum absolute atomic E-state index is 0.779. The van der Waals surface area contributed by atoms with E-state index in [1.807, 2.05) is 30.1 Å². The molecule has 0 spiro atoms. The zero-order chi connectivity index (χ0) is 9.26. The summed E-state index contributed by atoms with van der Waals surface area (Å²) in [6.07, 6.45) is 0. The van der Waals surface area contributed by atoms with Crippen LogP contribution in [0, 0.1) is 0 Å². The average molecular weight is 194 g/mol. The van der Waals surface area contributed by atoms with Crippen LogP contribution in [-0.2, 0) is 7.05 Å². The van der Waals surface area contributed by atoms with Gasteiger partial charge in [-0.15, -0.1) is 10.2 Å². The minimum Gasteiger partial charge on any atom is -0.357 e. The second-order valence-corrected chi connectivity index (χ2v) is 3.45. The molecule has 2 rings (SSSR count). The number of thiophene rings is 1. The molecule has 0 aliphatic heterocycles. The summed E-state index contributed by atoms with van der Waals surface area (Å²) in [5.74, 6) is 1.67. The molecule has 68 valence electrons. The molecule has 2 aromatic rings. The van der Waals surface area contributed by atoms with E-state index in [0.29, 0.717) is 0 Å². The summed E-state index contributed by atoms with van der Waals surface area (Å²) in [5, 5.41) is 15.1. The molecular formula is C8H10N4S. The van der Waals surface area contributed by atoms with Crippen molar-refractivity contribution in [3.05, 3.63) is 16.8 Å². The predicted molar refractivity (Wildman–Crippen MR) is 53.9 cm³/mol. The zero-order valence-electron chi connectivity index (χ0n) is 7.48. The molecule has 0 aliphatic carbocycles. The standard InChI is InChI=1S/C8H10N4S/c1-9-8-11-10-7(12(8)2)6-3-4-13-5-6/h3-5H,1-2H3,(H,9,11). The lowest BCUT2D eigenvalue weighted by molar-refractivity contribution is 0.926. The van der Waals surface area contributed by atoms with E-state index in [9.17, 15) is 0 Å². The molecule has 13 heavy (non-hydrogen) atoms. The monoisotopic (exact) mass is 194 g/mol. The Bertz CT molecular complexity index is 390. The number of nitrogens with zero attached hydrogens (tertiary/aromatic N) is 3. The van der Waals surface area contributed by atoms with E-state index in [-0.39, 0.29) is 0 Å². The van der Waals surface area contributed by atoms with Crippen molar-refractivity contribution in [2.24, 2.45) is 7.05 Å². The molecule has 1 N–H and O–H groups in total. The highest BCUT2D eigenvalue weighted by Gasteiger charge is 2.08. The second kappa shape index (κ2) is 3.18. The quantitative estimate of drug-likeness (QED) is 0.789. The highest BCUT2D eigenvalue weighted by molar-refractivity contribution is 7.08. The molecule has 0 bridgehead atoms. The average Bonchev–Trinajstić information content (AvgIpc) is 2.72. The van der Waals surface area contributed by atoms with Crippen LogP contribution in [0.5, 0.6) is 0 Å². The molecule has 2 aromatic heterocycles. The normalized spacial score (nSPS) is 10.3. The highest BCUT2D eigenvalue weighted by atomic mass is 32.1. The zero-order valence-corrected chi connectivity index (χ0v) is 8.30. The third-order valence-electron chi connectivity index (χ3n) is 1.88. The van der Waals surface area contributed by atoms with Gasteiger partial charge in [0.25, 0.3) is 0 Å². The molecular weight excluding hydrogens is 184 g/mol. The Labute approximate surface area is 80.2 Å². The fourth-order valence-electron chi connectivity index (χ4n) is 1.19. The molecule has 0 aliphatic rings. The Hall–Kier alpha value is -1.36. The van der Waals surface area contributed by atoms with Crippen LogP contribution in [0.25, 0.3) is 11.4 Å². The van der Waals surface area contributed by atoms with E-state index in [4.69, 9.17) is 0 Å². The fraction of sp³-hybridized carbons (Fsp3) is 0.250. The summed E-state index contributed by atoms with van der Waals surface area (Å²) in [5.41, 5.74) is 1.11. The molecule has 2 heterocycles. The Balaban J connectivity index is 2.48. The van der Waals surface area contributed by atoms with Crippen molar-refractivity contribution in [1.82, 2.24) is 14.8 Å². The Morgan fingerprint density at radius 1 is 1.46 bits per heavy atom. The molecule has 0 atom stereocenters. The third-order valence-corrected chi connectivity index (χ3v) is 2.56. The van der Waals surface area contributed by atoms with Gasteiger partial charge in [0.05, 0.1) is 0 Å². The van der Waals surface area contributed by atoms with Gasteiger partial charge in [-0.2, -0.15) is 11.3 Å². The number of anilines is 1. The summed E-state index contributed by atoms with van der Waals surface area (Å²) in [7, 11) is 3.78. The summed E-state index contributed by atoms with van der Waals surface area (Å²) >= 11 is 1.66. The van der Waals surface area contributed by atoms with Crippen LogP contribution >= 0.6 is 11.3 Å². The van der Waals surface area contributed by atoms with Gasteiger partial charge in [0.15, 0.2) is 5.82 Å². The van der Waals surface area contributed by atoms with Crippen LogP contribution in [0.15, 0.2) is 16.8 Å². The van der Waals surface area contributed by atoms with Crippen molar-refractivity contribution < 1.29 is 0 Å². The Morgan fingerprint density at radius 2 is 2.31 bits per heavy atom. The van der Waals surface area contributed by atoms with Gasteiger partial charge in [0, 0.05) is 25.0 Å². The van der Waals surface area contributed by atoms with Crippen LogP contribution < -0.4 is 5.32 Å². The molecule has 5 heteroatoms. The van der Waals surface area contributed by atoms with Crippen LogP contribution in [0.3, 0.4) is 0 Å². The van der Waals surface area contributed by atoms with E-state index in [1.165, 1.54) is 0 Å².